The Morgan fingerprint density at radius 3 is 2.84 bits per heavy atom. The molecule has 0 saturated carbocycles. The van der Waals surface area contributed by atoms with Gasteiger partial charge in [-0.05, 0) is 48.1 Å². The monoisotopic (exact) mass is 356 g/mol. The van der Waals surface area contributed by atoms with E-state index in [1.165, 1.54) is 17.9 Å². The lowest BCUT2D eigenvalue weighted by Crippen LogP contribution is -2.04. The Kier molecular flexibility index (Phi) is 5.10. The summed E-state index contributed by atoms with van der Waals surface area (Å²) in [5, 5.41) is 20.8. The van der Waals surface area contributed by atoms with Crippen molar-refractivity contribution >= 4 is 18.4 Å². The molecule has 0 saturated heterocycles. The normalized spacial score (nSPS) is 10.9. The first-order chi connectivity index (χ1) is 12.2. The van der Waals surface area contributed by atoms with Crippen LogP contribution in [0.25, 0.3) is 0 Å². The third-order valence-corrected chi connectivity index (χ3v) is 3.62. The van der Waals surface area contributed by atoms with Crippen LogP contribution >= 0.6 is 12.2 Å². The summed E-state index contributed by atoms with van der Waals surface area (Å²) < 4.78 is 12.6. The van der Waals surface area contributed by atoms with Crippen LogP contribution in [0.1, 0.15) is 11.4 Å². The highest BCUT2D eigenvalue weighted by atomic mass is 32.1. The number of methoxy groups -OCH3 is 1. The van der Waals surface area contributed by atoms with Crippen LogP contribution in [0.3, 0.4) is 0 Å². The molecule has 8 heteroatoms. The highest BCUT2D eigenvalue weighted by Gasteiger charge is 2.06. The SMILES string of the molecule is COc1cc(/C=N/n2c(COc3ccccc3)n[nH]c2=S)ccc1O. The van der Waals surface area contributed by atoms with E-state index in [1.807, 2.05) is 30.3 Å². The van der Waals surface area contributed by atoms with Crippen molar-refractivity contribution in [3.63, 3.8) is 0 Å². The molecule has 1 heterocycles. The fourth-order valence-electron chi connectivity index (χ4n) is 2.10. The number of hydrogen-bond acceptors (Lipinski definition) is 6. The summed E-state index contributed by atoms with van der Waals surface area (Å²) in [5.74, 6) is 1.70. The standard InChI is InChI=1S/C17H16N4O3S/c1-23-15-9-12(7-8-14(15)22)10-18-21-16(19-20-17(21)25)11-24-13-5-3-2-4-6-13/h2-10,22H,11H2,1H3,(H,20,25)/b18-10+. The van der Waals surface area contributed by atoms with Crippen molar-refractivity contribution in [1.29, 1.82) is 0 Å². The van der Waals surface area contributed by atoms with Crippen molar-refractivity contribution in [3.05, 3.63) is 64.7 Å². The van der Waals surface area contributed by atoms with Crippen LogP contribution in [0.2, 0.25) is 0 Å². The molecule has 0 radical (unpaired) electrons. The van der Waals surface area contributed by atoms with Gasteiger partial charge in [0.1, 0.15) is 12.4 Å². The van der Waals surface area contributed by atoms with Crippen molar-refractivity contribution in [2.24, 2.45) is 5.10 Å². The summed E-state index contributed by atoms with van der Waals surface area (Å²) in [6, 6.07) is 14.3. The Labute approximate surface area is 149 Å². The van der Waals surface area contributed by atoms with E-state index in [1.54, 1.807) is 18.3 Å². The summed E-state index contributed by atoms with van der Waals surface area (Å²) in [6.07, 6.45) is 1.60. The van der Waals surface area contributed by atoms with Crippen molar-refractivity contribution in [1.82, 2.24) is 14.9 Å². The maximum atomic E-state index is 9.63. The predicted molar refractivity (Wildman–Crippen MR) is 95.8 cm³/mol. The van der Waals surface area contributed by atoms with Crippen LogP contribution in [0, 0.1) is 4.77 Å². The smallest absolute Gasteiger partial charge is 0.216 e. The maximum absolute atomic E-state index is 9.63. The van der Waals surface area contributed by atoms with Crippen LogP contribution in [-0.4, -0.2) is 33.3 Å². The molecule has 3 aromatic rings. The minimum absolute atomic E-state index is 0.0662. The second kappa shape index (κ2) is 7.63. The lowest BCUT2D eigenvalue weighted by atomic mass is 10.2. The molecular formula is C17H16N4O3S. The van der Waals surface area contributed by atoms with Gasteiger partial charge in [0.2, 0.25) is 4.77 Å². The molecule has 128 valence electrons. The molecule has 0 bridgehead atoms. The number of phenolic OH excluding ortho intramolecular Hbond substituents is 1. The van der Waals surface area contributed by atoms with Gasteiger partial charge in [-0.25, -0.2) is 5.10 Å². The van der Waals surface area contributed by atoms with E-state index in [0.29, 0.717) is 16.3 Å². The van der Waals surface area contributed by atoms with Gasteiger partial charge >= 0.3 is 0 Å². The lowest BCUT2D eigenvalue weighted by molar-refractivity contribution is 0.290. The van der Waals surface area contributed by atoms with E-state index < -0.39 is 0 Å². The molecule has 0 fully saturated rings. The van der Waals surface area contributed by atoms with Crippen molar-refractivity contribution in [2.45, 2.75) is 6.61 Å². The van der Waals surface area contributed by atoms with E-state index in [4.69, 9.17) is 21.7 Å². The van der Waals surface area contributed by atoms with E-state index in [2.05, 4.69) is 15.3 Å². The number of aromatic hydroxyl groups is 1. The molecule has 7 nitrogen and oxygen atoms in total. The summed E-state index contributed by atoms with van der Waals surface area (Å²) in [5.41, 5.74) is 0.743. The molecule has 0 unspecified atom stereocenters. The molecule has 1 aromatic heterocycles. The van der Waals surface area contributed by atoms with Gasteiger partial charge in [-0.2, -0.15) is 14.9 Å². The van der Waals surface area contributed by atoms with Crippen LogP contribution < -0.4 is 9.47 Å². The van der Waals surface area contributed by atoms with Gasteiger partial charge < -0.3 is 14.6 Å². The Hall–Kier alpha value is -3.13. The first kappa shape index (κ1) is 16.7. The predicted octanol–water partition coefficient (Wildman–Crippen LogP) is 3.12. The van der Waals surface area contributed by atoms with E-state index in [-0.39, 0.29) is 12.4 Å². The number of aromatic nitrogens is 3. The Balaban J connectivity index is 1.78. The number of rotatable bonds is 6. The largest absolute Gasteiger partial charge is 0.504 e. The van der Waals surface area contributed by atoms with Crippen molar-refractivity contribution < 1.29 is 14.6 Å². The first-order valence-corrected chi connectivity index (χ1v) is 7.83. The Bertz CT molecular complexity index is 935. The number of H-pyrrole nitrogens is 1. The van der Waals surface area contributed by atoms with Crippen molar-refractivity contribution in [3.8, 4) is 17.2 Å². The van der Waals surface area contributed by atoms with Gasteiger partial charge in [0.15, 0.2) is 17.3 Å². The molecule has 0 amide bonds. The molecule has 0 aliphatic carbocycles. The summed E-state index contributed by atoms with van der Waals surface area (Å²) in [6.45, 7) is 0.216. The van der Waals surface area contributed by atoms with Gasteiger partial charge in [-0.3, -0.25) is 0 Å². The van der Waals surface area contributed by atoms with Gasteiger partial charge in [0, 0.05) is 0 Å². The molecular weight excluding hydrogens is 340 g/mol. The summed E-state index contributed by atoms with van der Waals surface area (Å²) >= 11 is 5.20. The van der Waals surface area contributed by atoms with Crippen LogP contribution in [0.15, 0.2) is 53.6 Å². The fourth-order valence-corrected chi connectivity index (χ4v) is 2.30. The minimum atomic E-state index is 0.0662. The van der Waals surface area contributed by atoms with Crippen LogP contribution in [0.5, 0.6) is 17.2 Å². The Morgan fingerprint density at radius 1 is 1.28 bits per heavy atom. The topological polar surface area (TPSA) is 84.7 Å². The molecule has 0 atom stereocenters. The minimum Gasteiger partial charge on any atom is -0.504 e. The quantitative estimate of drug-likeness (QED) is 0.524. The van der Waals surface area contributed by atoms with E-state index >= 15 is 0 Å². The Morgan fingerprint density at radius 2 is 2.08 bits per heavy atom. The zero-order chi connectivity index (χ0) is 17.6. The molecule has 0 aliphatic heterocycles. The fraction of sp³-hybridized carbons (Fsp3) is 0.118. The summed E-state index contributed by atoms with van der Waals surface area (Å²) in [4.78, 5) is 0. The van der Waals surface area contributed by atoms with Crippen molar-refractivity contribution in [2.75, 3.05) is 7.11 Å². The number of aromatic amines is 1. The zero-order valence-corrected chi connectivity index (χ0v) is 14.2. The highest BCUT2D eigenvalue weighted by molar-refractivity contribution is 7.71. The first-order valence-electron chi connectivity index (χ1n) is 7.43. The molecule has 2 aromatic carbocycles. The van der Waals surface area contributed by atoms with Crippen LogP contribution in [-0.2, 0) is 6.61 Å². The second-order valence-electron chi connectivity index (χ2n) is 5.03. The zero-order valence-electron chi connectivity index (χ0n) is 13.4. The number of hydrogen-bond donors (Lipinski definition) is 2. The number of nitrogens with zero attached hydrogens (tertiary/aromatic N) is 3. The van der Waals surface area contributed by atoms with E-state index in [9.17, 15) is 5.11 Å². The number of ether oxygens (including phenoxy) is 2. The highest BCUT2D eigenvalue weighted by Crippen LogP contribution is 2.25. The van der Waals surface area contributed by atoms with Gasteiger partial charge in [0.05, 0.1) is 13.3 Å². The average Bonchev–Trinajstić information content (AvgIpc) is 3.00. The van der Waals surface area contributed by atoms with Crippen LogP contribution in [0.4, 0.5) is 0 Å². The van der Waals surface area contributed by atoms with Gasteiger partial charge in [0.25, 0.3) is 0 Å². The number of benzene rings is 2. The lowest BCUT2D eigenvalue weighted by Gasteiger charge is -2.05. The number of phenols is 1. The van der Waals surface area contributed by atoms with Gasteiger partial charge in [-0.1, -0.05) is 18.2 Å². The third kappa shape index (κ3) is 4.04. The maximum Gasteiger partial charge on any atom is 0.216 e. The number of para-hydroxylation sites is 1. The van der Waals surface area contributed by atoms with Gasteiger partial charge in [-0.15, -0.1) is 0 Å². The van der Waals surface area contributed by atoms with E-state index in [0.717, 1.165) is 11.3 Å². The molecule has 3 rings (SSSR count). The molecule has 2 N–H and O–H groups in total. The molecule has 0 aliphatic rings. The summed E-state index contributed by atoms with van der Waals surface area (Å²) in [7, 11) is 1.49. The molecule has 25 heavy (non-hydrogen) atoms. The average molecular weight is 356 g/mol. The third-order valence-electron chi connectivity index (χ3n) is 3.35. The number of nitrogens with one attached hydrogen (secondary N) is 1. The molecule has 0 spiro atoms. The second-order valence-corrected chi connectivity index (χ2v) is 5.42.